The molecule has 0 aliphatic heterocycles. The van der Waals surface area contributed by atoms with Gasteiger partial charge in [-0.25, -0.2) is 4.79 Å². The molecule has 1 unspecified atom stereocenters. The van der Waals surface area contributed by atoms with Crippen molar-refractivity contribution >= 4 is 17.6 Å². The summed E-state index contributed by atoms with van der Waals surface area (Å²) in [4.78, 5) is 22.2. The molecule has 1 aromatic rings. The van der Waals surface area contributed by atoms with Crippen molar-refractivity contribution < 1.29 is 19.4 Å². The molecule has 19 heavy (non-hydrogen) atoms. The van der Waals surface area contributed by atoms with E-state index in [-0.39, 0.29) is 12.5 Å². The first kappa shape index (κ1) is 13.5. The fourth-order valence-electron chi connectivity index (χ4n) is 2.12. The lowest BCUT2D eigenvalue weighted by Crippen LogP contribution is -2.26. The van der Waals surface area contributed by atoms with Gasteiger partial charge in [0.1, 0.15) is 6.61 Å². The molecule has 5 heteroatoms. The normalized spacial score (nSPS) is 14.8. The lowest BCUT2D eigenvalue weighted by Gasteiger charge is -2.10. The summed E-state index contributed by atoms with van der Waals surface area (Å²) in [6.07, 6.45) is 2.33. The second kappa shape index (κ2) is 5.84. The molecule has 0 spiro atoms. The Balaban J connectivity index is 1.87. The smallest absolute Gasteiger partial charge is 0.332 e. The van der Waals surface area contributed by atoms with Gasteiger partial charge in [-0.05, 0) is 49.4 Å². The Labute approximate surface area is 111 Å². The predicted molar refractivity (Wildman–Crippen MR) is 70.1 cm³/mol. The largest absolute Gasteiger partial charge is 0.479 e. The number of carboxylic acids is 1. The van der Waals surface area contributed by atoms with Crippen LogP contribution in [-0.4, -0.2) is 29.7 Å². The molecule has 0 heterocycles. The summed E-state index contributed by atoms with van der Waals surface area (Å²) in [5, 5.41) is 11.3. The lowest BCUT2D eigenvalue weighted by molar-refractivity contribution is -0.150. The minimum absolute atomic E-state index is 0.259. The molecule has 0 saturated carbocycles. The molecule has 1 aliphatic carbocycles. The number of ether oxygens (including phenoxy) is 1. The van der Waals surface area contributed by atoms with Gasteiger partial charge in [0.25, 0.3) is 0 Å². The van der Waals surface area contributed by atoms with E-state index in [9.17, 15) is 9.59 Å². The van der Waals surface area contributed by atoms with Gasteiger partial charge in [0.15, 0.2) is 6.10 Å². The van der Waals surface area contributed by atoms with Gasteiger partial charge < -0.3 is 15.2 Å². The molecule has 5 nitrogen and oxygen atoms in total. The predicted octanol–water partition coefficient (Wildman–Crippen LogP) is 1.60. The van der Waals surface area contributed by atoms with Gasteiger partial charge in [0, 0.05) is 5.69 Å². The first-order valence-electron chi connectivity index (χ1n) is 6.32. The molecule has 0 saturated heterocycles. The molecule has 2 rings (SSSR count). The number of carbonyl (C=O) groups excluding carboxylic acids is 1. The Morgan fingerprint density at radius 1 is 1.37 bits per heavy atom. The van der Waals surface area contributed by atoms with Gasteiger partial charge in [-0.1, -0.05) is 6.07 Å². The van der Waals surface area contributed by atoms with Crippen LogP contribution < -0.4 is 5.32 Å². The van der Waals surface area contributed by atoms with Crippen LogP contribution in [0.2, 0.25) is 0 Å². The van der Waals surface area contributed by atoms with Gasteiger partial charge in [-0.2, -0.15) is 0 Å². The van der Waals surface area contributed by atoms with E-state index in [0.717, 1.165) is 24.9 Å². The maximum Gasteiger partial charge on any atom is 0.332 e. The summed E-state index contributed by atoms with van der Waals surface area (Å²) < 4.78 is 4.92. The quantitative estimate of drug-likeness (QED) is 0.846. The molecule has 0 fully saturated rings. The van der Waals surface area contributed by atoms with Crippen LogP contribution in [0.4, 0.5) is 5.69 Å². The van der Waals surface area contributed by atoms with E-state index < -0.39 is 12.1 Å². The Morgan fingerprint density at radius 3 is 2.84 bits per heavy atom. The van der Waals surface area contributed by atoms with E-state index in [4.69, 9.17) is 9.84 Å². The van der Waals surface area contributed by atoms with Crippen molar-refractivity contribution in [2.45, 2.75) is 32.3 Å². The van der Waals surface area contributed by atoms with Crippen molar-refractivity contribution in [3.63, 3.8) is 0 Å². The molecule has 102 valence electrons. The third-order valence-electron chi connectivity index (χ3n) is 3.19. The number of nitrogens with one attached hydrogen (secondary N) is 1. The maximum absolute atomic E-state index is 11.6. The van der Waals surface area contributed by atoms with Crippen molar-refractivity contribution in [2.24, 2.45) is 0 Å². The van der Waals surface area contributed by atoms with E-state index in [1.54, 1.807) is 0 Å². The lowest BCUT2D eigenvalue weighted by atomic mass is 10.1. The monoisotopic (exact) mass is 263 g/mol. The number of carboxylic acid groups (broad SMARTS) is 1. The summed E-state index contributed by atoms with van der Waals surface area (Å²) in [7, 11) is 0. The van der Waals surface area contributed by atoms with Gasteiger partial charge >= 0.3 is 5.97 Å². The fourth-order valence-corrected chi connectivity index (χ4v) is 2.12. The first-order chi connectivity index (χ1) is 9.06. The molecule has 1 amide bonds. The van der Waals surface area contributed by atoms with Gasteiger partial charge in [-0.15, -0.1) is 0 Å². The zero-order valence-electron chi connectivity index (χ0n) is 10.8. The first-order valence-corrected chi connectivity index (χ1v) is 6.32. The van der Waals surface area contributed by atoms with E-state index in [2.05, 4.69) is 5.32 Å². The van der Waals surface area contributed by atoms with Crippen LogP contribution >= 0.6 is 0 Å². The molecule has 0 aromatic heterocycles. The molecular weight excluding hydrogens is 246 g/mol. The highest BCUT2D eigenvalue weighted by Gasteiger charge is 2.14. The van der Waals surface area contributed by atoms with E-state index in [0.29, 0.717) is 0 Å². The third kappa shape index (κ3) is 3.54. The number of hydrogen-bond donors (Lipinski definition) is 2. The zero-order chi connectivity index (χ0) is 13.8. The van der Waals surface area contributed by atoms with Crippen molar-refractivity contribution in [1.29, 1.82) is 0 Å². The Bertz CT molecular complexity index is 498. The zero-order valence-corrected chi connectivity index (χ0v) is 10.8. The molecule has 1 aliphatic rings. The average molecular weight is 263 g/mol. The second-order valence-electron chi connectivity index (χ2n) is 4.68. The summed E-state index contributed by atoms with van der Waals surface area (Å²) in [5.74, 6) is -1.42. The number of anilines is 1. The highest BCUT2D eigenvalue weighted by molar-refractivity contribution is 5.92. The Hall–Kier alpha value is -1.88. The molecule has 2 N–H and O–H groups in total. The highest BCUT2D eigenvalue weighted by Crippen LogP contribution is 2.24. The molecular formula is C14H17NO4. The van der Waals surface area contributed by atoms with Crippen LogP contribution in [0.3, 0.4) is 0 Å². The van der Waals surface area contributed by atoms with Crippen molar-refractivity contribution in [3.8, 4) is 0 Å². The summed E-state index contributed by atoms with van der Waals surface area (Å²) in [5.41, 5.74) is 3.35. The topological polar surface area (TPSA) is 75.6 Å². The van der Waals surface area contributed by atoms with Gasteiger partial charge in [0.2, 0.25) is 5.91 Å². The van der Waals surface area contributed by atoms with Crippen LogP contribution in [0.5, 0.6) is 0 Å². The summed E-state index contributed by atoms with van der Waals surface area (Å²) in [6, 6.07) is 5.86. The summed E-state index contributed by atoms with van der Waals surface area (Å²) in [6.45, 7) is 1.13. The van der Waals surface area contributed by atoms with Crippen LogP contribution in [0.15, 0.2) is 18.2 Å². The number of rotatable bonds is 5. The Morgan fingerprint density at radius 2 is 2.11 bits per heavy atom. The number of fused-ring (bicyclic) bond motifs is 1. The van der Waals surface area contributed by atoms with Crippen LogP contribution in [0, 0.1) is 0 Å². The molecule has 0 bridgehead atoms. The maximum atomic E-state index is 11.6. The molecule has 1 atom stereocenters. The number of aryl methyl sites for hydroxylation is 2. The summed E-state index contributed by atoms with van der Waals surface area (Å²) >= 11 is 0. The fraction of sp³-hybridized carbons (Fsp3) is 0.429. The minimum Gasteiger partial charge on any atom is -0.479 e. The minimum atomic E-state index is -1.08. The van der Waals surface area contributed by atoms with E-state index in [1.165, 1.54) is 18.1 Å². The van der Waals surface area contributed by atoms with Crippen molar-refractivity contribution in [3.05, 3.63) is 29.3 Å². The SMILES string of the molecule is CC(OCC(=O)Nc1ccc2c(c1)CCC2)C(=O)O. The second-order valence-corrected chi connectivity index (χ2v) is 4.68. The molecule has 0 radical (unpaired) electrons. The van der Waals surface area contributed by atoms with E-state index >= 15 is 0 Å². The van der Waals surface area contributed by atoms with Crippen molar-refractivity contribution in [1.82, 2.24) is 0 Å². The number of benzene rings is 1. The van der Waals surface area contributed by atoms with E-state index in [1.807, 2.05) is 18.2 Å². The number of amides is 1. The Kier molecular flexibility index (Phi) is 4.16. The average Bonchev–Trinajstić information content (AvgIpc) is 2.83. The standard InChI is InChI=1S/C14H17NO4/c1-9(14(17)18)19-8-13(16)15-12-6-5-10-3-2-4-11(10)7-12/h5-7,9H,2-4,8H2,1H3,(H,15,16)(H,17,18). The van der Waals surface area contributed by atoms with Crippen LogP contribution in [-0.2, 0) is 27.2 Å². The molecule has 1 aromatic carbocycles. The van der Waals surface area contributed by atoms with Gasteiger partial charge in [0.05, 0.1) is 0 Å². The van der Waals surface area contributed by atoms with Crippen LogP contribution in [0.1, 0.15) is 24.5 Å². The van der Waals surface area contributed by atoms with Crippen molar-refractivity contribution in [2.75, 3.05) is 11.9 Å². The number of aliphatic carboxylic acids is 1. The van der Waals surface area contributed by atoms with Crippen LogP contribution in [0.25, 0.3) is 0 Å². The third-order valence-corrected chi connectivity index (χ3v) is 3.19. The van der Waals surface area contributed by atoms with Gasteiger partial charge in [-0.3, -0.25) is 4.79 Å². The number of carbonyl (C=O) groups is 2. The highest BCUT2D eigenvalue weighted by atomic mass is 16.5. The number of hydrogen-bond acceptors (Lipinski definition) is 3.